The van der Waals surface area contributed by atoms with Gasteiger partial charge in [-0.3, -0.25) is 9.59 Å². The highest BCUT2D eigenvalue weighted by atomic mass is 32.1. The molecular formula is C22H24N2O3S. The molecule has 0 spiro atoms. The number of carbonyl (C=O) groups excluding carboxylic acids is 1. The van der Waals surface area contributed by atoms with E-state index in [0.717, 1.165) is 17.5 Å². The topological polar surface area (TPSA) is 72.0 Å². The van der Waals surface area contributed by atoms with Crippen LogP contribution in [0, 0.1) is 5.92 Å². The van der Waals surface area contributed by atoms with Gasteiger partial charge in [-0.1, -0.05) is 62.4 Å². The summed E-state index contributed by atoms with van der Waals surface area (Å²) in [6.07, 6.45) is 7.65. The summed E-state index contributed by atoms with van der Waals surface area (Å²) in [5.41, 5.74) is 1.67. The Kier molecular flexibility index (Phi) is 5.86. The Balaban J connectivity index is 1.41. The number of hydrogen-bond acceptors (Lipinski definition) is 5. The zero-order valence-corrected chi connectivity index (χ0v) is 16.6. The van der Waals surface area contributed by atoms with Crippen molar-refractivity contribution in [2.75, 3.05) is 0 Å². The summed E-state index contributed by atoms with van der Waals surface area (Å²) in [6.45, 7) is 0.00719. The largest absolute Gasteiger partial charge is 0.458 e. The van der Waals surface area contributed by atoms with E-state index in [2.05, 4.69) is 9.97 Å². The van der Waals surface area contributed by atoms with Crippen molar-refractivity contribution in [3.05, 3.63) is 51.9 Å². The van der Waals surface area contributed by atoms with Gasteiger partial charge >= 0.3 is 5.97 Å². The molecule has 4 rings (SSSR count). The molecule has 146 valence electrons. The van der Waals surface area contributed by atoms with E-state index in [1.54, 1.807) is 0 Å². The number of thiophene rings is 1. The Morgan fingerprint density at radius 2 is 1.96 bits per heavy atom. The fourth-order valence-electron chi connectivity index (χ4n) is 3.91. The second kappa shape index (κ2) is 8.69. The van der Waals surface area contributed by atoms with Crippen LogP contribution < -0.4 is 5.56 Å². The zero-order valence-electron chi connectivity index (χ0n) is 15.8. The number of fused-ring (bicyclic) bond motifs is 1. The summed E-state index contributed by atoms with van der Waals surface area (Å²) in [5.74, 6) is 0.826. The molecule has 5 nitrogen and oxygen atoms in total. The summed E-state index contributed by atoms with van der Waals surface area (Å²) in [7, 11) is 0. The van der Waals surface area contributed by atoms with Gasteiger partial charge in [-0.2, -0.15) is 0 Å². The first-order chi connectivity index (χ1) is 13.7. The van der Waals surface area contributed by atoms with Crippen LogP contribution >= 0.6 is 11.3 Å². The molecule has 1 N–H and O–H groups in total. The van der Waals surface area contributed by atoms with Crippen molar-refractivity contribution in [2.24, 2.45) is 5.92 Å². The minimum atomic E-state index is -0.218. The van der Waals surface area contributed by atoms with Gasteiger partial charge in [-0.05, 0) is 17.9 Å². The molecule has 2 heterocycles. The quantitative estimate of drug-likeness (QED) is 0.592. The Morgan fingerprint density at radius 1 is 1.18 bits per heavy atom. The van der Waals surface area contributed by atoms with Crippen LogP contribution in [0.25, 0.3) is 21.3 Å². The van der Waals surface area contributed by atoms with Crippen LogP contribution in [0.1, 0.15) is 50.8 Å². The van der Waals surface area contributed by atoms with Gasteiger partial charge < -0.3 is 9.72 Å². The van der Waals surface area contributed by atoms with Crippen molar-refractivity contribution in [2.45, 2.75) is 51.6 Å². The fourth-order valence-corrected chi connectivity index (χ4v) is 4.88. The van der Waals surface area contributed by atoms with Crippen LogP contribution in [-0.4, -0.2) is 15.9 Å². The van der Waals surface area contributed by atoms with E-state index in [1.165, 1.54) is 43.4 Å². The van der Waals surface area contributed by atoms with Gasteiger partial charge in [0.2, 0.25) is 0 Å². The molecule has 2 aromatic heterocycles. The molecule has 0 unspecified atom stereocenters. The van der Waals surface area contributed by atoms with Crippen LogP contribution in [0.15, 0.2) is 40.5 Å². The number of hydrogen-bond donors (Lipinski definition) is 1. The highest BCUT2D eigenvalue weighted by Gasteiger charge is 2.16. The second-order valence-electron chi connectivity index (χ2n) is 7.41. The van der Waals surface area contributed by atoms with Crippen molar-refractivity contribution in [3.8, 4) is 11.1 Å². The summed E-state index contributed by atoms with van der Waals surface area (Å²) in [4.78, 5) is 32.6. The monoisotopic (exact) mass is 396 g/mol. The lowest BCUT2D eigenvalue weighted by Crippen LogP contribution is -2.15. The molecule has 1 saturated carbocycles. The lowest BCUT2D eigenvalue weighted by Gasteiger charge is -2.20. The number of aromatic nitrogens is 2. The van der Waals surface area contributed by atoms with Gasteiger partial charge in [-0.25, -0.2) is 4.98 Å². The van der Waals surface area contributed by atoms with Crippen LogP contribution in [0.4, 0.5) is 0 Å². The molecule has 0 saturated heterocycles. The highest BCUT2D eigenvalue weighted by Crippen LogP contribution is 2.30. The predicted octanol–water partition coefficient (Wildman–Crippen LogP) is 5.06. The molecule has 28 heavy (non-hydrogen) atoms. The third-order valence-electron chi connectivity index (χ3n) is 5.43. The van der Waals surface area contributed by atoms with Gasteiger partial charge in [0.1, 0.15) is 17.3 Å². The van der Waals surface area contributed by atoms with E-state index in [1.807, 2.05) is 35.7 Å². The number of rotatable bonds is 6. The Bertz CT molecular complexity index is 1000. The molecule has 0 radical (unpaired) electrons. The van der Waals surface area contributed by atoms with Crippen LogP contribution in [0.2, 0.25) is 0 Å². The van der Waals surface area contributed by atoms with E-state index in [-0.39, 0.29) is 18.1 Å². The van der Waals surface area contributed by atoms with Gasteiger partial charge in [0.15, 0.2) is 0 Å². The maximum absolute atomic E-state index is 12.6. The first-order valence-corrected chi connectivity index (χ1v) is 10.8. The van der Waals surface area contributed by atoms with Crippen LogP contribution in [0.3, 0.4) is 0 Å². The second-order valence-corrected chi connectivity index (χ2v) is 8.27. The lowest BCUT2D eigenvalue weighted by molar-refractivity contribution is -0.145. The molecule has 1 aromatic carbocycles. The zero-order chi connectivity index (χ0) is 19.3. The number of aromatic amines is 1. The minimum Gasteiger partial charge on any atom is -0.458 e. The molecule has 0 atom stereocenters. The maximum Gasteiger partial charge on any atom is 0.306 e. The highest BCUT2D eigenvalue weighted by molar-refractivity contribution is 7.17. The normalized spacial score (nSPS) is 15.0. The van der Waals surface area contributed by atoms with E-state index in [9.17, 15) is 9.59 Å². The molecule has 1 aliphatic carbocycles. The van der Waals surface area contributed by atoms with E-state index in [0.29, 0.717) is 28.4 Å². The van der Waals surface area contributed by atoms with Crippen molar-refractivity contribution in [1.29, 1.82) is 0 Å². The SMILES string of the molecule is O=C(CCC1CCCCC1)OCc1nc2scc(-c3ccccc3)c2c(=O)[nH]1. The molecule has 1 fully saturated rings. The van der Waals surface area contributed by atoms with E-state index < -0.39 is 0 Å². The molecular weight excluding hydrogens is 372 g/mol. The number of esters is 1. The average Bonchev–Trinajstić information content (AvgIpc) is 3.17. The summed E-state index contributed by atoms with van der Waals surface area (Å²) in [5, 5.41) is 2.53. The fraction of sp³-hybridized carbons (Fsp3) is 0.409. The Labute approximate surface area is 167 Å². The van der Waals surface area contributed by atoms with E-state index >= 15 is 0 Å². The van der Waals surface area contributed by atoms with Crippen molar-refractivity contribution in [3.63, 3.8) is 0 Å². The molecule has 1 aliphatic rings. The number of benzene rings is 1. The van der Waals surface area contributed by atoms with Gasteiger partial charge in [0, 0.05) is 17.4 Å². The van der Waals surface area contributed by atoms with Gasteiger partial charge in [0.05, 0.1) is 5.39 Å². The number of nitrogens with one attached hydrogen (secondary N) is 1. The maximum atomic E-state index is 12.6. The van der Waals surface area contributed by atoms with E-state index in [4.69, 9.17) is 4.74 Å². The number of ether oxygens (including phenoxy) is 1. The molecule has 0 aliphatic heterocycles. The number of carbonyl (C=O) groups is 1. The smallest absolute Gasteiger partial charge is 0.306 e. The predicted molar refractivity (Wildman–Crippen MR) is 111 cm³/mol. The molecule has 6 heteroatoms. The summed E-state index contributed by atoms with van der Waals surface area (Å²) in [6, 6.07) is 9.79. The minimum absolute atomic E-state index is 0.00719. The van der Waals surface area contributed by atoms with Crippen LogP contribution in [-0.2, 0) is 16.1 Å². The molecule has 0 bridgehead atoms. The van der Waals surface area contributed by atoms with Crippen LogP contribution in [0.5, 0.6) is 0 Å². The first kappa shape index (κ1) is 18.9. The summed E-state index contributed by atoms with van der Waals surface area (Å²) >= 11 is 1.43. The summed E-state index contributed by atoms with van der Waals surface area (Å²) < 4.78 is 5.35. The molecule has 0 amide bonds. The van der Waals surface area contributed by atoms with Crippen molar-refractivity contribution in [1.82, 2.24) is 9.97 Å². The average molecular weight is 397 g/mol. The first-order valence-electron chi connectivity index (χ1n) is 9.92. The standard InChI is InChI=1S/C22H24N2O3S/c25-19(12-11-15-7-3-1-4-8-15)27-13-18-23-21(26)20-17(14-28-22(20)24-18)16-9-5-2-6-10-16/h2,5-6,9-10,14-15H,1,3-4,7-8,11-13H2,(H,23,24,26). The Hall–Kier alpha value is -2.47. The van der Waals surface area contributed by atoms with Gasteiger partial charge in [-0.15, -0.1) is 11.3 Å². The third kappa shape index (κ3) is 4.33. The lowest BCUT2D eigenvalue weighted by atomic mass is 9.86. The van der Waals surface area contributed by atoms with Crippen molar-refractivity contribution >= 4 is 27.5 Å². The number of nitrogens with zero attached hydrogens (tertiary/aromatic N) is 1. The third-order valence-corrected chi connectivity index (χ3v) is 6.30. The van der Waals surface area contributed by atoms with Crippen molar-refractivity contribution < 1.29 is 9.53 Å². The number of H-pyrrole nitrogens is 1. The van der Waals surface area contributed by atoms with Gasteiger partial charge in [0.25, 0.3) is 5.56 Å². The Morgan fingerprint density at radius 3 is 2.75 bits per heavy atom. The molecule has 3 aromatic rings.